The second-order valence-electron chi connectivity index (χ2n) is 4.46. The fourth-order valence-corrected chi connectivity index (χ4v) is 2.12. The SMILES string of the molecule is CCNc1cc(CC)nc(-c2ccccc2CC)n1. The first-order valence-electron chi connectivity index (χ1n) is 6.98. The molecule has 2 rings (SSSR count). The molecular formula is C16H21N3. The first-order valence-corrected chi connectivity index (χ1v) is 6.98. The topological polar surface area (TPSA) is 37.8 Å². The van der Waals surface area contributed by atoms with Gasteiger partial charge in [-0.1, -0.05) is 38.1 Å². The van der Waals surface area contributed by atoms with E-state index in [1.165, 1.54) is 5.56 Å². The summed E-state index contributed by atoms with van der Waals surface area (Å²) < 4.78 is 0. The highest BCUT2D eigenvalue weighted by molar-refractivity contribution is 5.62. The van der Waals surface area contributed by atoms with Crippen LogP contribution in [0.3, 0.4) is 0 Å². The number of aryl methyl sites for hydroxylation is 2. The number of aromatic nitrogens is 2. The van der Waals surface area contributed by atoms with Gasteiger partial charge in [0.25, 0.3) is 0 Å². The summed E-state index contributed by atoms with van der Waals surface area (Å²) in [5.74, 6) is 1.74. The smallest absolute Gasteiger partial charge is 0.162 e. The Kier molecular flexibility index (Phi) is 4.50. The van der Waals surface area contributed by atoms with Crippen molar-refractivity contribution < 1.29 is 0 Å². The van der Waals surface area contributed by atoms with Gasteiger partial charge in [-0.3, -0.25) is 0 Å². The molecular weight excluding hydrogens is 234 g/mol. The zero-order chi connectivity index (χ0) is 13.7. The van der Waals surface area contributed by atoms with Crippen molar-refractivity contribution in [2.45, 2.75) is 33.6 Å². The lowest BCUT2D eigenvalue weighted by Gasteiger charge is -2.10. The first-order chi connectivity index (χ1) is 9.28. The summed E-state index contributed by atoms with van der Waals surface area (Å²) in [7, 11) is 0. The molecule has 0 aliphatic heterocycles. The van der Waals surface area contributed by atoms with Crippen molar-refractivity contribution in [3.05, 3.63) is 41.6 Å². The Bertz CT molecular complexity index is 549. The summed E-state index contributed by atoms with van der Waals surface area (Å²) in [5, 5.41) is 3.28. The van der Waals surface area contributed by atoms with E-state index in [9.17, 15) is 0 Å². The largest absolute Gasteiger partial charge is 0.370 e. The third kappa shape index (κ3) is 3.11. The van der Waals surface area contributed by atoms with Crippen molar-refractivity contribution in [2.75, 3.05) is 11.9 Å². The van der Waals surface area contributed by atoms with Crippen molar-refractivity contribution in [1.82, 2.24) is 9.97 Å². The highest BCUT2D eigenvalue weighted by Gasteiger charge is 2.09. The summed E-state index contributed by atoms with van der Waals surface area (Å²) in [6.45, 7) is 7.23. The van der Waals surface area contributed by atoms with Gasteiger partial charge < -0.3 is 5.32 Å². The highest BCUT2D eigenvalue weighted by Crippen LogP contribution is 2.22. The third-order valence-corrected chi connectivity index (χ3v) is 3.14. The number of anilines is 1. The number of hydrogen-bond acceptors (Lipinski definition) is 3. The maximum Gasteiger partial charge on any atom is 0.162 e. The van der Waals surface area contributed by atoms with Crippen LogP contribution in [-0.2, 0) is 12.8 Å². The average molecular weight is 255 g/mol. The maximum absolute atomic E-state index is 4.66. The van der Waals surface area contributed by atoms with Crippen LogP contribution in [0.1, 0.15) is 32.0 Å². The lowest BCUT2D eigenvalue weighted by molar-refractivity contribution is 0.993. The van der Waals surface area contributed by atoms with Gasteiger partial charge in [0.1, 0.15) is 5.82 Å². The number of nitrogens with one attached hydrogen (secondary N) is 1. The van der Waals surface area contributed by atoms with E-state index in [0.29, 0.717) is 0 Å². The van der Waals surface area contributed by atoms with E-state index in [1.54, 1.807) is 0 Å². The molecule has 1 heterocycles. The van der Waals surface area contributed by atoms with Crippen molar-refractivity contribution in [3.8, 4) is 11.4 Å². The molecule has 3 heteroatoms. The standard InChI is InChI=1S/C16H21N3/c1-4-12-9-7-8-10-14(12)16-18-13(5-2)11-15(19-16)17-6-3/h7-11H,4-6H2,1-3H3,(H,17,18,19). The zero-order valence-electron chi connectivity index (χ0n) is 11.9. The fraction of sp³-hybridized carbons (Fsp3) is 0.375. The molecule has 0 spiro atoms. The molecule has 0 amide bonds. The minimum atomic E-state index is 0.827. The molecule has 100 valence electrons. The van der Waals surface area contributed by atoms with Crippen LogP contribution in [0.15, 0.2) is 30.3 Å². The molecule has 0 radical (unpaired) electrons. The van der Waals surface area contributed by atoms with Gasteiger partial charge in [-0.25, -0.2) is 9.97 Å². The van der Waals surface area contributed by atoms with Gasteiger partial charge in [-0.05, 0) is 25.3 Å². The van der Waals surface area contributed by atoms with Crippen LogP contribution in [0.25, 0.3) is 11.4 Å². The van der Waals surface area contributed by atoms with Crippen molar-refractivity contribution in [1.29, 1.82) is 0 Å². The van der Waals surface area contributed by atoms with E-state index < -0.39 is 0 Å². The van der Waals surface area contributed by atoms with Gasteiger partial charge in [0.2, 0.25) is 0 Å². The minimum absolute atomic E-state index is 0.827. The lowest BCUT2D eigenvalue weighted by Crippen LogP contribution is -2.04. The molecule has 3 nitrogen and oxygen atoms in total. The molecule has 0 saturated heterocycles. The Labute approximate surface area is 115 Å². The van der Waals surface area contributed by atoms with Crippen molar-refractivity contribution >= 4 is 5.82 Å². The van der Waals surface area contributed by atoms with E-state index in [4.69, 9.17) is 0 Å². The number of hydrogen-bond donors (Lipinski definition) is 1. The van der Waals surface area contributed by atoms with E-state index in [1.807, 2.05) is 12.1 Å². The molecule has 1 N–H and O–H groups in total. The predicted molar refractivity (Wildman–Crippen MR) is 80.4 cm³/mol. The number of rotatable bonds is 5. The molecule has 0 bridgehead atoms. The number of nitrogens with zero attached hydrogens (tertiary/aromatic N) is 2. The Hall–Kier alpha value is -1.90. The Balaban J connectivity index is 2.51. The van der Waals surface area contributed by atoms with Crippen LogP contribution in [0.5, 0.6) is 0 Å². The first kappa shape index (κ1) is 13.5. The van der Waals surface area contributed by atoms with E-state index in [0.717, 1.165) is 42.3 Å². The van der Waals surface area contributed by atoms with Crippen LogP contribution < -0.4 is 5.32 Å². The summed E-state index contributed by atoms with van der Waals surface area (Å²) in [6.07, 6.45) is 1.91. The molecule has 0 aliphatic carbocycles. The summed E-state index contributed by atoms with van der Waals surface area (Å²) >= 11 is 0. The maximum atomic E-state index is 4.66. The van der Waals surface area contributed by atoms with Gasteiger partial charge in [0.15, 0.2) is 5.82 Å². The van der Waals surface area contributed by atoms with E-state index >= 15 is 0 Å². The second-order valence-corrected chi connectivity index (χ2v) is 4.46. The van der Waals surface area contributed by atoms with Gasteiger partial charge >= 0.3 is 0 Å². The summed E-state index contributed by atoms with van der Waals surface area (Å²) in [4.78, 5) is 9.29. The molecule has 0 atom stereocenters. The van der Waals surface area contributed by atoms with Gasteiger partial charge in [-0.2, -0.15) is 0 Å². The molecule has 0 unspecified atom stereocenters. The molecule has 0 aliphatic rings. The van der Waals surface area contributed by atoms with Crippen LogP contribution in [0.2, 0.25) is 0 Å². The Morgan fingerprint density at radius 2 is 1.79 bits per heavy atom. The Morgan fingerprint density at radius 1 is 1.00 bits per heavy atom. The molecule has 1 aromatic carbocycles. The molecule has 1 aromatic heterocycles. The van der Waals surface area contributed by atoms with Crippen molar-refractivity contribution in [2.24, 2.45) is 0 Å². The van der Waals surface area contributed by atoms with E-state index in [-0.39, 0.29) is 0 Å². The average Bonchev–Trinajstić information content (AvgIpc) is 2.47. The Morgan fingerprint density at radius 3 is 2.47 bits per heavy atom. The van der Waals surface area contributed by atoms with E-state index in [2.05, 4.69) is 54.3 Å². The fourth-order valence-electron chi connectivity index (χ4n) is 2.12. The third-order valence-electron chi connectivity index (χ3n) is 3.14. The molecule has 0 saturated carbocycles. The van der Waals surface area contributed by atoms with Gasteiger partial charge in [0, 0.05) is 23.9 Å². The van der Waals surface area contributed by atoms with Gasteiger partial charge in [-0.15, -0.1) is 0 Å². The normalized spacial score (nSPS) is 10.5. The molecule has 19 heavy (non-hydrogen) atoms. The summed E-state index contributed by atoms with van der Waals surface area (Å²) in [5.41, 5.74) is 3.50. The quantitative estimate of drug-likeness (QED) is 0.885. The lowest BCUT2D eigenvalue weighted by atomic mass is 10.0. The second kappa shape index (κ2) is 6.32. The number of benzene rings is 1. The van der Waals surface area contributed by atoms with Crippen LogP contribution in [0, 0.1) is 0 Å². The van der Waals surface area contributed by atoms with Gasteiger partial charge in [0.05, 0.1) is 0 Å². The van der Waals surface area contributed by atoms with Crippen molar-refractivity contribution in [3.63, 3.8) is 0 Å². The van der Waals surface area contributed by atoms with Crippen LogP contribution in [0.4, 0.5) is 5.82 Å². The highest BCUT2D eigenvalue weighted by atomic mass is 15.0. The zero-order valence-corrected chi connectivity index (χ0v) is 11.9. The predicted octanol–water partition coefficient (Wildman–Crippen LogP) is 3.70. The molecule has 2 aromatic rings. The monoisotopic (exact) mass is 255 g/mol. The van der Waals surface area contributed by atoms with Crippen LogP contribution in [-0.4, -0.2) is 16.5 Å². The summed E-state index contributed by atoms with van der Waals surface area (Å²) in [6, 6.07) is 10.4. The van der Waals surface area contributed by atoms with Crippen LogP contribution >= 0.6 is 0 Å². The minimum Gasteiger partial charge on any atom is -0.370 e. The molecule has 0 fully saturated rings.